The molecule has 1 fully saturated rings. The summed E-state index contributed by atoms with van der Waals surface area (Å²) in [6.07, 6.45) is 0. The van der Waals surface area contributed by atoms with Crippen molar-refractivity contribution >= 4 is 28.2 Å². The van der Waals surface area contributed by atoms with Gasteiger partial charge in [-0.25, -0.2) is 0 Å². The van der Waals surface area contributed by atoms with Crippen molar-refractivity contribution in [2.45, 2.75) is 19.5 Å². The Morgan fingerprint density at radius 1 is 1.57 bits per heavy atom. The number of thioether (sulfide) groups is 1. The van der Waals surface area contributed by atoms with Crippen LogP contribution in [0.4, 0.5) is 5.13 Å². The smallest absolute Gasteiger partial charge is 0.203 e. The molecule has 1 aliphatic heterocycles. The summed E-state index contributed by atoms with van der Waals surface area (Å²) < 4.78 is 0. The Bertz CT molecular complexity index is 301. The molecule has 2 rings (SSSR count). The van der Waals surface area contributed by atoms with Gasteiger partial charge in [-0.05, 0) is 6.92 Å². The lowest BCUT2D eigenvalue weighted by molar-refractivity contribution is 0.223. The number of rotatable bonds is 2. The van der Waals surface area contributed by atoms with E-state index in [9.17, 15) is 0 Å². The first-order chi connectivity index (χ1) is 6.75. The van der Waals surface area contributed by atoms with Crippen LogP contribution in [-0.2, 0) is 6.54 Å². The van der Waals surface area contributed by atoms with Crippen molar-refractivity contribution in [2.24, 2.45) is 0 Å². The molecule has 0 aromatic carbocycles. The molecule has 1 unspecified atom stereocenters. The molecule has 1 aliphatic rings. The van der Waals surface area contributed by atoms with Gasteiger partial charge in [0.15, 0.2) is 0 Å². The van der Waals surface area contributed by atoms with Gasteiger partial charge in [0.05, 0.1) is 6.54 Å². The average molecular weight is 230 g/mol. The number of nitrogens with two attached hydrogens (primary N) is 1. The van der Waals surface area contributed by atoms with E-state index in [4.69, 9.17) is 5.73 Å². The first-order valence-corrected chi connectivity index (χ1v) is 6.62. The molecule has 0 spiro atoms. The lowest BCUT2D eigenvalue weighted by Crippen LogP contribution is -2.39. The lowest BCUT2D eigenvalue weighted by atomic mass is 10.3. The topological polar surface area (TPSA) is 55.0 Å². The zero-order valence-corrected chi connectivity index (χ0v) is 9.77. The van der Waals surface area contributed by atoms with Crippen LogP contribution in [0.2, 0.25) is 0 Å². The van der Waals surface area contributed by atoms with Gasteiger partial charge in [0.25, 0.3) is 0 Å². The summed E-state index contributed by atoms with van der Waals surface area (Å²) >= 11 is 3.51. The SMILES string of the molecule is CC1CSCCN1Cc1nnc(N)s1. The molecule has 0 radical (unpaired) electrons. The van der Waals surface area contributed by atoms with E-state index in [0.717, 1.165) is 18.1 Å². The van der Waals surface area contributed by atoms with Crippen LogP contribution in [0.15, 0.2) is 0 Å². The first-order valence-electron chi connectivity index (χ1n) is 4.65. The van der Waals surface area contributed by atoms with Crippen LogP contribution in [-0.4, -0.2) is 39.2 Å². The van der Waals surface area contributed by atoms with Gasteiger partial charge in [0.2, 0.25) is 5.13 Å². The third-order valence-electron chi connectivity index (χ3n) is 2.33. The fourth-order valence-electron chi connectivity index (χ4n) is 1.50. The van der Waals surface area contributed by atoms with Crippen LogP contribution >= 0.6 is 23.1 Å². The summed E-state index contributed by atoms with van der Waals surface area (Å²) in [7, 11) is 0. The Morgan fingerprint density at radius 3 is 3.07 bits per heavy atom. The van der Waals surface area contributed by atoms with E-state index >= 15 is 0 Å². The van der Waals surface area contributed by atoms with Crippen molar-refractivity contribution in [1.82, 2.24) is 15.1 Å². The summed E-state index contributed by atoms with van der Waals surface area (Å²) in [6, 6.07) is 0.638. The molecule has 0 aliphatic carbocycles. The molecule has 0 saturated carbocycles. The molecule has 2 heterocycles. The summed E-state index contributed by atoms with van der Waals surface area (Å²) in [5.74, 6) is 2.44. The van der Waals surface area contributed by atoms with Crippen molar-refractivity contribution < 1.29 is 0 Å². The van der Waals surface area contributed by atoms with E-state index in [-0.39, 0.29) is 0 Å². The molecule has 2 N–H and O–H groups in total. The second-order valence-corrected chi connectivity index (χ2v) is 5.67. The number of hydrogen-bond acceptors (Lipinski definition) is 6. The highest BCUT2D eigenvalue weighted by Crippen LogP contribution is 2.20. The van der Waals surface area contributed by atoms with E-state index in [1.54, 1.807) is 0 Å². The number of nitrogen functional groups attached to an aromatic ring is 1. The van der Waals surface area contributed by atoms with Crippen molar-refractivity contribution in [2.75, 3.05) is 23.8 Å². The van der Waals surface area contributed by atoms with E-state index in [0.29, 0.717) is 11.2 Å². The molecule has 0 amide bonds. The summed E-state index contributed by atoms with van der Waals surface area (Å²) in [4.78, 5) is 2.44. The Hall–Kier alpha value is -0.330. The maximum atomic E-state index is 5.54. The average Bonchev–Trinajstić information content (AvgIpc) is 2.56. The minimum atomic E-state index is 0.569. The zero-order chi connectivity index (χ0) is 9.97. The van der Waals surface area contributed by atoms with Gasteiger partial charge in [0, 0.05) is 24.1 Å². The summed E-state index contributed by atoms with van der Waals surface area (Å²) in [5, 5.41) is 9.46. The van der Waals surface area contributed by atoms with E-state index in [2.05, 4.69) is 22.0 Å². The molecule has 4 nitrogen and oxygen atoms in total. The fraction of sp³-hybridized carbons (Fsp3) is 0.750. The van der Waals surface area contributed by atoms with E-state index < -0.39 is 0 Å². The maximum Gasteiger partial charge on any atom is 0.203 e. The van der Waals surface area contributed by atoms with Gasteiger partial charge >= 0.3 is 0 Å². The standard InChI is InChI=1S/C8H14N4S2/c1-6-5-13-3-2-12(6)4-7-10-11-8(9)14-7/h6H,2-5H2,1H3,(H2,9,11). The first kappa shape index (κ1) is 10.2. The highest BCUT2D eigenvalue weighted by molar-refractivity contribution is 7.99. The number of nitrogens with zero attached hydrogens (tertiary/aromatic N) is 3. The molecular formula is C8H14N4S2. The van der Waals surface area contributed by atoms with Crippen LogP contribution in [0, 0.1) is 0 Å². The van der Waals surface area contributed by atoms with Crippen molar-refractivity contribution in [1.29, 1.82) is 0 Å². The van der Waals surface area contributed by atoms with Gasteiger partial charge in [0.1, 0.15) is 5.01 Å². The van der Waals surface area contributed by atoms with Gasteiger partial charge in [-0.15, -0.1) is 10.2 Å². The molecule has 1 saturated heterocycles. The minimum absolute atomic E-state index is 0.569. The third kappa shape index (κ3) is 2.37. The Labute approximate surface area is 91.9 Å². The predicted molar refractivity (Wildman–Crippen MR) is 61.5 cm³/mol. The largest absolute Gasteiger partial charge is 0.374 e. The minimum Gasteiger partial charge on any atom is -0.374 e. The monoisotopic (exact) mass is 230 g/mol. The molecular weight excluding hydrogens is 216 g/mol. The summed E-state index contributed by atoms with van der Waals surface area (Å²) in [5.41, 5.74) is 5.54. The molecule has 1 aromatic heterocycles. The molecule has 1 atom stereocenters. The fourth-order valence-corrected chi connectivity index (χ4v) is 3.22. The highest BCUT2D eigenvalue weighted by atomic mass is 32.2. The van der Waals surface area contributed by atoms with E-state index in [1.165, 1.54) is 22.8 Å². The Balaban J connectivity index is 1.95. The van der Waals surface area contributed by atoms with Crippen LogP contribution in [0.3, 0.4) is 0 Å². The number of hydrogen-bond donors (Lipinski definition) is 1. The second-order valence-electron chi connectivity index (χ2n) is 3.43. The quantitative estimate of drug-likeness (QED) is 0.823. The van der Waals surface area contributed by atoms with Crippen LogP contribution in [0.25, 0.3) is 0 Å². The predicted octanol–water partition coefficient (Wildman–Crippen LogP) is 1.06. The molecule has 14 heavy (non-hydrogen) atoms. The molecule has 0 bridgehead atoms. The lowest BCUT2D eigenvalue weighted by Gasteiger charge is -2.31. The third-order valence-corrected chi connectivity index (χ3v) is 4.25. The number of anilines is 1. The zero-order valence-electron chi connectivity index (χ0n) is 8.14. The van der Waals surface area contributed by atoms with Crippen LogP contribution < -0.4 is 5.73 Å². The van der Waals surface area contributed by atoms with Crippen molar-refractivity contribution in [3.05, 3.63) is 5.01 Å². The maximum absolute atomic E-state index is 5.54. The summed E-state index contributed by atoms with van der Waals surface area (Å²) in [6.45, 7) is 4.30. The van der Waals surface area contributed by atoms with E-state index in [1.807, 2.05) is 11.8 Å². The van der Waals surface area contributed by atoms with Crippen molar-refractivity contribution in [3.63, 3.8) is 0 Å². The Morgan fingerprint density at radius 2 is 2.43 bits per heavy atom. The van der Waals surface area contributed by atoms with Crippen molar-refractivity contribution in [3.8, 4) is 0 Å². The van der Waals surface area contributed by atoms with Gasteiger partial charge < -0.3 is 5.73 Å². The molecule has 1 aromatic rings. The Kier molecular flexibility index (Phi) is 3.25. The van der Waals surface area contributed by atoms with Crippen LogP contribution in [0.5, 0.6) is 0 Å². The molecule has 78 valence electrons. The van der Waals surface area contributed by atoms with Gasteiger partial charge in [-0.2, -0.15) is 11.8 Å². The highest BCUT2D eigenvalue weighted by Gasteiger charge is 2.19. The normalized spacial score (nSPS) is 23.9. The van der Waals surface area contributed by atoms with Gasteiger partial charge in [-0.3, -0.25) is 4.90 Å². The molecule has 6 heteroatoms. The second kappa shape index (κ2) is 4.46. The van der Waals surface area contributed by atoms with Crippen LogP contribution in [0.1, 0.15) is 11.9 Å². The van der Waals surface area contributed by atoms with Gasteiger partial charge in [-0.1, -0.05) is 11.3 Å². The number of aromatic nitrogens is 2.